The van der Waals surface area contributed by atoms with Crippen LogP contribution in [-0.4, -0.2) is 11.9 Å². The van der Waals surface area contributed by atoms with Crippen LogP contribution in [-0.2, 0) is 11.3 Å². The molecule has 3 N–H and O–H groups in total. The van der Waals surface area contributed by atoms with Gasteiger partial charge in [-0.25, -0.2) is 0 Å². The Balaban J connectivity index is 1.82. The molecule has 2 atom stereocenters. The van der Waals surface area contributed by atoms with Crippen molar-refractivity contribution in [3.8, 4) is 0 Å². The summed E-state index contributed by atoms with van der Waals surface area (Å²) in [6.45, 7) is 0.631. The van der Waals surface area contributed by atoms with Gasteiger partial charge in [0.05, 0.1) is 5.92 Å². The van der Waals surface area contributed by atoms with Crippen molar-refractivity contribution < 1.29 is 4.79 Å². The van der Waals surface area contributed by atoms with Gasteiger partial charge in [0.25, 0.3) is 0 Å². The SMILES string of the molecule is NC1CCCC1C(=O)NCc1ccsc1. The highest BCUT2D eigenvalue weighted by molar-refractivity contribution is 7.07. The molecule has 3 nitrogen and oxygen atoms in total. The molecule has 15 heavy (non-hydrogen) atoms. The zero-order valence-corrected chi connectivity index (χ0v) is 9.43. The summed E-state index contributed by atoms with van der Waals surface area (Å²) in [5.41, 5.74) is 7.04. The van der Waals surface area contributed by atoms with Crippen molar-refractivity contribution in [1.29, 1.82) is 0 Å². The van der Waals surface area contributed by atoms with Crippen molar-refractivity contribution in [3.63, 3.8) is 0 Å². The van der Waals surface area contributed by atoms with Gasteiger partial charge in [-0.15, -0.1) is 0 Å². The number of thiophene rings is 1. The van der Waals surface area contributed by atoms with Crippen LogP contribution in [0.4, 0.5) is 0 Å². The summed E-state index contributed by atoms with van der Waals surface area (Å²) in [5, 5.41) is 7.01. The second-order valence-electron chi connectivity index (χ2n) is 4.05. The summed E-state index contributed by atoms with van der Waals surface area (Å²) >= 11 is 1.65. The van der Waals surface area contributed by atoms with Crippen LogP contribution in [0.1, 0.15) is 24.8 Å². The van der Waals surface area contributed by atoms with E-state index in [4.69, 9.17) is 5.73 Å². The van der Waals surface area contributed by atoms with Crippen LogP contribution in [0.25, 0.3) is 0 Å². The summed E-state index contributed by atoms with van der Waals surface area (Å²) in [6, 6.07) is 2.09. The minimum atomic E-state index is 0.0311. The molecule has 1 aromatic heterocycles. The molecule has 1 aromatic rings. The van der Waals surface area contributed by atoms with Crippen molar-refractivity contribution in [2.24, 2.45) is 11.7 Å². The average molecular weight is 224 g/mol. The molecule has 2 rings (SSSR count). The molecule has 0 saturated heterocycles. The molecule has 0 aliphatic heterocycles. The van der Waals surface area contributed by atoms with E-state index < -0.39 is 0 Å². The van der Waals surface area contributed by atoms with Gasteiger partial charge in [0.1, 0.15) is 0 Å². The van der Waals surface area contributed by atoms with Gasteiger partial charge >= 0.3 is 0 Å². The minimum absolute atomic E-state index is 0.0311. The zero-order valence-electron chi connectivity index (χ0n) is 8.61. The molecule has 1 fully saturated rings. The Kier molecular flexibility index (Phi) is 3.38. The second-order valence-corrected chi connectivity index (χ2v) is 4.83. The van der Waals surface area contributed by atoms with Crippen molar-refractivity contribution in [2.45, 2.75) is 31.8 Å². The van der Waals surface area contributed by atoms with Crippen LogP contribution in [0.2, 0.25) is 0 Å². The number of nitrogens with two attached hydrogens (primary N) is 1. The first-order chi connectivity index (χ1) is 7.27. The molecular formula is C11H16N2OS. The van der Waals surface area contributed by atoms with Gasteiger partial charge in [-0.2, -0.15) is 11.3 Å². The number of nitrogens with one attached hydrogen (secondary N) is 1. The van der Waals surface area contributed by atoms with Crippen LogP contribution in [0.5, 0.6) is 0 Å². The molecule has 1 heterocycles. The Morgan fingerprint density at radius 2 is 2.47 bits per heavy atom. The van der Waals surface area contributed by atoms with Crippen molar-refractivity contribution >= 4 is 17.2 Å². The molecule has 1 aliphatic rings. The number of amides is 1. The highest BCUT2D eigenvalue weighted by atomic mass is 32.1. The standard InChI is InChI=1S/C11H16N2OS/c12-10-3-1-2-9(10)11(14)13-6-8-4-5-15-7-8/h4-5,7,9-10H,1-3,6,12H2,(H,13,14). The summed E-state index contributed by atoms with van der Waals surface area (Å²) in [5.74, 6) is 0.148. The molecule has 82 valence electrons. The molecule has 0 spiro atoms. The third-order valence-electron chi connectivity index (χ3n) is 2.95. The van der Waals surface area contributed by atoms with E-state index in [-0.39, 0.29) is 17.9 Å². The van der Waals surface area contributed by atoms with Crippen molar-refractivity contribution in [1.82, 2.24) is 5.32 Å². The van der Waals surface area contributed by atoms with Gasteiger partial charge in [-0.1, -0.05) is 6.42 Å². The Morgan fingerprint density at radius 3 is 3.07 bits per heavy atom. The first kappa shape index (κ1) is 10.6. The van der Waals surface area contributed by atoms with E-state index in [0.29, 0.717) is 6.54 Å². The van der Waals surface area contributed by atoms with E-state index in [9.17, 15) is 4.79 Å². The van der Waals surface area contributed by atoms with Crippen LogP contribution in [0, 0.1) is 5.92 Å². The Bertz CT molecular complexity index is 323. The second kappa shape index (κ2) is 4.77. The summed E-state index contributed by atoms with van der Waals surface area (Å²) in [7, 11) is 0. The van der Waals surface area contributed by atoms with Crippen LogP contribution >= 0.6 is 11.3 Å². The van der Waals surface area contributed by atoms with E-state index in [1.54, 1.807) is 11.3 Å². The summed E-state index contributed by atoms with van der Waals surface area (Å²) in [4.78, 5) is 11.8. The monoisotopic (exact) mass is 224 g/mol. The number of hydrogen-bond donors (Lipinski definition) is 2. The first-order valence-electron chi connectivity index (χ1n) is 5.32. The van der Waals surface area contributed by atoms with Crippen molar-refractivity contribution in [3.05, 3.63) is 22.4 Å². The topological polar surface area (TPSA) is 55.1 Å². The van der Waals surface area contributed by atoms with Gasteiger partial charge in [-0.05, 0) is 35.2 Å². The van der Waals surface area contributed by atoms with Crippen LogP contribution < -0.4 is 11.1 Å². The molecule has 0 aromatic carbocycles. The summed E-state index contributed by atoms with van der Waals surface area (Å²) < 4.78 is 0. The number of carbonyl (C=O) groups excluding carboxylic acids is 1. The Labute approximate surface area is 93.7 Å². The smallest absolute Gasteiger partial charge is 0.224 e. The molecule has 1 aliphatic carbocycles. The maximum Gasteiger partial charge on any atom is 0.224 e. The van der Waals surface area contributed by atoms with Gasteiger partial charge in [0.2, 0.25) is 5.91 Å². The molecular weight excluding hydrogens is 208 g/mol. The van der Waals surface area contributed by atoms with E-state index in [1.807, 2.05) is 11.4 Å². The lowest BCUT2D eigenvalue weighted by molar-refractivity contribution is -0.125. The maximum atomic E-state index is 11.8. The predicted octanol–water partition coefficient (Wildman–Crippen LogP) is 1.49. The van der Waals surface area contributed by atoms with Gasteiger partial charge in [0.15, 0.2) is 0 Å². The largest absolute Gasteiger partial charge is 0.352 e. The number of carbonyl (C=O) groups is 1. The lowest BCUT2D eigenvalue weighted by atomic mass is 10.0. The first-order valence-corrected chi connectivity index (χ1v) is 6.26. The zero-order chi connectivity index (χ0) is 10.7. The Hall–Kier alpha value is -0.870. The van der Waals surface area contributed by atoms with Crippen LogP contribution in [0.15, 0.2) is 16.8 Å². The molecule has 0 radical (unpaired) electrons. The Morgan fingerprint density at radius 1 is 1.60 bits per heavy atom. The van der Waals surface area contributed by atoms with E-state index in [0.717, 1.165) is 19.3 Å². The highest BCUT2D eigenvalue weighted by Crippen LogP contribution is 2.24. The third kappa shape index (κ3) is 2.58. The van der Waals surface area contributed by atoms with Crippen molar-refractivity contribution in [2.75, 3.05) is 0 Å². The lowest BCUT2D eigenvalue weighted by Crippen LogP contribution is -2.38. The molecule has 2 unspecified atom stereocenters. The van der Waals surface area contributed by atoms with Crippen LogP contribution in [0.3, 0.4) is 0 Å². The third-order valence-corrected chi connectivity index (χ3v) is 3.69. The predicted molar refractivity (Wildman–Crippen MR) is 61.5 cm³/mol. The quantitative estimate of drug-likeness (QED) is 0.817. The fourth-order valence-electron chi connectivity index (χ4n) is 2.03. The maximum absolute atomic E-state index is 11.8. The number of hydrogen-bond acceptors (Lipinski definition) is 3. The van der Waals surface area contributed by atoms with Gasteiger partial charge in [0, 0.05) is 12.6 Å². The number of rotatable bonds is 3. The average Bonchev–Trinajstić information content (AvgIpc) is 2.84. The minimum Gasteiger partial charge on any atom is -0.352 e. The molecule has 1 saturated carbocycles. The molecule has 0 bridgehead atoms. The molecule has 4 heteroatoms. The lowest BCUT2D eigenvalue weighted by Gasteiger charge is -2.14. The summed E-state index contributed by atoms with van der Waals surface area (Å²) in [6.07, 6.45) is 3.00. The highest BCUT2D eigenvalue weighted by Gasteiger charge is 2.29. The van der Waals surface area contributed by atoms with E-state index in [2.05, 4.69) is 10.7 Å². The van der Waals surface area contributed by atoms with Gasteiger partial charge < -0.3 is 11.1 Å². The fraction of sp³-hybridized carbons (Fsp3) is 0.545. The molecule has 1 amide bonds. The van der Waals surface area contributed by atoms with E-state index in [1.165, 1.54) is 5.56 Å². The van der Waals surface area contributed by atoms with Gasteiger partial charge in [-0.3, -0.25) is 4.79 Å². The fourth-order valence-corrected chi connectivity index (χ4v) is 2.70. The normalized spacial score (nSPS) is 25.4. The van der Waals surface area contributed by atoms with E-state index >= 15 is 0 Å².